The van der Waals surface area contributed by atoms with Gasteiger partial charge in [0.2, 0.25) is 0 Å². The van der Waals surface area contributed by atoms with Gasteiger partial charge in [-0.2, -0.15) is 0 Å². The van der Waals surface area contributed by atoms with Crippen LogP contribution in [0.4, 0.5) is 0 Å². The number of benzene rings is 2. The molecule has 1 aliphatic carbocycles. The zero-order valence-electron chi connectivity index (χ0n) is 19.0. The first-order valence-electron chi connectivity index (χ1n) is 11.2. The summed E-state index contributed by atoms with van der Waals surface area (Å²) in [6, 6.07) is 13.0. The number of guanidine groups is 2. The molecule has 2 aromatic carbocycles. The second-order valence-corrected chi connectivity index (χ2v) is 8.32. The molecule has 0 bridgehead atoms. The summed E-state index contributed by atoms with van der Waals surface area (Å²) in [5.41, 5.74) is 20.5. The third-order valence-corrected chi connectivity index (χ3v) is 5.76. The fourth-order valence-corrected chi connectivity index (χ4v) is 3.97. The van der Waals surface area contributed by atoms with Crippen LogP contribution in [0.5, 0.6) is 0 Å². The van der Waals surface area contributed by atoms with E-state index in [1.165, 1.54) is 0 Å². The van der Waals surface area contributed by atoms with Gasteiger partial charge in [-0.3, -0.25) is 25.4 Å². The summed E-state index contributed by atoms with van der Waals surface area (Å²) in [4.78, 5) is 21.9. The van der Waals surface area contributed by atoms with Crippen molar-refractivity contribution < 1.29 is 9.90 Å². The number of nitrogens with one attached hydrogen (secondary N) is 2. The first-order valence-corrected chi connectivity index (χ1v) is 11.6. The van der Waals surface area contributed by atoms with E-state index in [1.54, 1.807) is 6.07 Å². The Labute approximate surface area is 204 Å². The number of hydrogen-bond acceptors (Lipinski definition) is 7. The van der Waals surface area contributed by atoms with Crippen LogP contribution in [0.2, 0.25) is 0 Å². The highest BCUT2D eigenvalue weighted by molar-refractivity contribution is 7.81. The highest BCUT2D eigenvalue weighted by Gasteiger charge is 2.27. The Kier molecular flexibility index (Phi) is 9.23. The monoisotopic (exact) mass is 481 g/mol. The van der Waals surface area contributed by atoms with Crippen molar-refractivity contribution in [3.63, 3.8) is 0 Å². The highest BCUT2D eigenvalue weighted by Crippen LogP contribution is 2.28. The van der Waals surface area contributed by atoms with Gasteiger partial charge in [-0.25, -0.2) is 0 Å². The van der Waals surface area contributed by atoms with E-state index in [4.69, 9.17) is 29.4 Å². The Morgan fingerprint density at radius 2 is 1.62 bits per heavy atom. The Balaban J connectivity index is 1.46. The highest BCUT2D eigenvalue weighted by atomic mass is 32.1. The van der Waals surface area contributed by atoms with Gasteiger partial charge < -0.3 is 22.3 Å². The lowest BCUT2D eigenvalue weighted by molar-refractivity contribution is 0.103. The predicted octanol–water partition coefficient (Wildman–Crippen LogP) is 0.406. The normalized spacial score (nSPS) is 14.5. The molecule has 1 aliphatic rings. The molecule has 34 heavy (non-hydrogen) atoms. The quantitative estimate of drug-likeness (QED) is 0.0796. The molecular formula is C24H31N7O2S. The zero-order chi connectivity index (χ0) is 24.5. The maximum absolute atomic E-state index is 12.9. The summed E-state index contributed by atoms with van der Waals surface area (Å²) >= 11 is 5.59. The SMILES string of the molecule is NCCCN=C(N)NC(N)=NCCCNC(O)Cc1ccc2c(c1)C(=O)c1ccccc1C2=S. The van der Waals surface area contributed by atoms with Gasteiger partial charge in [0.1, 0.15) is 6.23 Å². The van der Waals surface area contributed by atoms with Crippen molar-refractivity contribution >= 4 is 34.8 Å². The summed E-state index contributed by atoms with van der Waals surface area (Å²) < 4.78 is 0. The minimum atomic E-state index is -0.763. The Morgan fingerprint density at radius 3 is 2.32 bits per heavy atom. The largest absolute Gasteiger partial charge is 0.378 e. The summed E-state index contributed by atoms with van der Waals surface area (Å²) in [6.45, 7) is 2.08. The average Bonchev–Trinajstić information content (AvgIpc) is 2.82. The molecule has 0 saturated heterocycles. The number of aliphatic hydroxyl groups excluding tert-OH is 1. The van der Waals surface area contributed by atoms with Gasteiger partial charge in [0, 0.05) is 41.8 Å². The van der Waals surface area contributed by atoms with Crippen molar-refractivity contribution in [3.8, 4) is 0 Å². The predicted molar refractivity (Wildman–Crippen MR) is 139 cm³/mol. The van der Waals surface area contributed by atoms with Gasteiger partial charge in [-0.15, -0.1) is 0 Å². The molecule has 9 nitrogen and oxygen atoms in total. The maximum atomic E-state index is 12.9. The molecule has 1 unspecified atom stereocenters. The Bertz CT molecular complexity index is 1100. The van der Waals surface area contributed by atoms with Crippen LogP contribution in [0.15, 0.2) is 52.4 Å². The van der Waals surface area contributed by atoms with E-state index in [9.17, 15) is 9.90 Å². The van der Waals surface area contributed by atoms with E-state index in [1.807, 2.05) is 36.4 Å². The lowest BCUT2D eigenvalue weighted by Gasteiger charge is -2.21. The second-order valence-electron chi connectivity index (χ2n) is 7.91. The van der Waals surface area contributed by atoms with Gasteiger partial charge in [0.25, 0.3) is 0 Å². The summed E-state index contributed by atoms with van der Waals surface area (Å²) in [7, 11) is 0. The number of carbonyl (C=O) groups is 1. The molecule has 9 N–H and O–H groups in total. The van der Waals surface area contributed by atoms with Crippen LogP contribution in [0.25, 0.3) is 0 Å². The molecule has 180 valence electrons. The van der Waals surface area contributed by atoms with Crippen LogP contribution in [0.3, 0.4) is 0 Å². The van der Waals surface area contributed by atoms with E-state index in [0.29, 0.717) is 55.0 Å². The number of nitrogens with zero attached hydrogens (tertiary/aromatic N) is 2. The smallest absolute Gasteiger partial charge is 0.195 e. The molecule has 0 saturated carbocycles. The van der Waals surface area contributed by atoms with Gasteiger partial charge in [0.15, 0.2) is 17.7 Å². The molecule has 0 fully saturated rings. The molecule has 2 aromatic rings. The van der Waals surface area contributed by atoms with Crippen molar-refractivity contribution in [2.24, 2.45) is 27.2 Å². The third-order valence-electron chi connectivity index (χ3n) is 5.32. The molecule has 0 spiro atoms. The molecule has 0 radical (unpaired) electrons. The number of ketones is 1. The summed E-state index contributed by atoms with van der Waals surface area (Å²) in [6.07, 6.45) is 1.01. The molecular weight excluding hydrogens is 450 g/mol. The lowest BCUT2D eigenvalue weighted by Crippen LogP contribution is -2.42. The van der Waals surface area contributed by atoms with Crippen molar-refractivity contribution in [1.82, 2.24) is 10.6 Å². The lowest BCUT2D eigenvalue weighted by atomic mass is 9.84. The molecule has 3 rings (SSSR count). The topological polar surface area (TPSA) is 164 Å². The van der Waals surface area contributed by atoms with Crippen LogP contribution >= 0.6 is 12.2 Å². The van der Waals surface area contributed by atoms with Crippen LogP contribution in [-0.2, 0) is 6.42 Å². The number of aliphatic imine (C=N–C) groups is 2. The van der Waals surface area contributed by atoms with Crippen LogP contribution in [0.1, 0.15) is 45.5 Å². The summed E-state index contributed by atoms with van der Waals surface area (Å²) in [5.74, 6) is 0.349. The average molecular weight is 482 g/mol. The van der Waals surface area contributed by atoms with Gasteiger partial charge in [-0.05, 0) is 37.6 Å². The van der Waals surface area contributed by atoms with E-state index in [-0.39, 0.29) is 17.7 Å². The van der Waals surface area contributed by atoms with E-state index in [2.05, 4.69) is 20.6 Å². The minimum absolute atomic E-state index is 0.0439. The van der Waals surface area contributed by atoms with Crippen LogP contribution in [0, 0.1) is 0 Å². The molecule has 1 atom stereocenters. The number of carbonyl (C=O) groups excluding carboxylic acids is 1. The molecule has 10 heteroatoms. The summed E-state index contributed by atoms with van der Waals surface area (Å²) in [5, 5.41) is 16.1. The number of fused-ring (bicyclic) bond motifs is 2. The number of nitrogens with two attached hydrogens (primary N) is 3. The fourth-order valence-electron chi connectivity index (χ4n) is 3.62. The van der Waals surface area contributed by atoms with Crippen LogP contribution < -0.4 is 27.8 Å². The van der Waals surface area contributed by atoms with Crippen molar-refractivity contribution in [2.45, 2.75) is 25.5 Å². The molecule has 0 aliphatic heterocycles. The van der Waals surface area contributed by atoms with Crippen molar-refractivity contribution in [1.29, 1.82) is 0 Å². The van der Waals surface area contributed by atoms with Gasteiger partial charge in [0.05, 0.1) is 4.86 Å². The minimum Gasteiger partial charge on any atom is -0.378 e. The first-order chi connectivity index (χ1) is 16.4. The first kappa shape index (κ1) is 25.4. The van der Waals surface area contributed by atoms with Gasteiger partial charge in [-0.1, -0.05) is 48.6 Å². The fraction of sp³-hybridized carbons (Fsp3) is 0.333. The number of aliphatic hydroxyl groups is 1. The van der Waals surface area contributed by atoms with Crippen LogP contribution in [-0.4, -0.2) is 60.1 Å². The molecule has 0 heterocycles. The Hall–Kier alpha value is -3.18. The van der Waals surface area contributed by atoms with E-state index in [0.717, 1.165) is 23.1 Å². The number of hydrogen-bond donors (Lipinski definition) is 6. The van der Waals surface area contributed by atoms with Gasteiger partial charge >= 0.3 is 0 Å². The van der Waals surface area contributed by atoms with E-state index >= 15 is 0 Å². The standard InChI is InChI=1S/C24H31N7O2S/c25-9-3-10-29-23(26)31-24(27)30-12-4-11-28-20(32)14-15-7-8-18-19(13-15)21(33)16-5-1-2-6-17(16)22(18)34/h1-2,5-8,13,20,28,32H,3-4,9-12,14,25H2,(H5,26,27,29,30,31). The third kappa shape index (κ3) is 6.67. The van der Waals surface area contributed by atoms with Crippen molar-refractivity contribution in [2.75, 3.05) is 26.2 Å². The molecule has 0 amide bonds. The maximum Gasteiger partial charge on any atom is 0.195 e. The number of thiocarbonyl (C=S) groups is 1. The molecule has 0 aromatic heterocycles. The number of rotatable bonds is 10. The Morgan fingerprint density at radius 1 is 0.971 bits per heavy atom. The van der Waals surface area contributed by atoms with Crippen molar-refractivity contribution in [3.05, 3.63) is 70.3 Å². The zero-order valence-corrected chi connectivity index (χ0v) is 19.8. The second kappa shape index (κ2) is 12.3. The van der Waals surface area contributed by atoms with E-state index < -0.39 is 6.23 Å².